The number of hydrazone groups is 1. The topological polar surface area (TPSA) is 67.4 Å². The zero-order chi connectivity index (χ0) is 19.1. The predicted octanol–water partition coefficient (Wildman–Crippen LogP) is 4.63. The Labute approximate surface area is 162 Å². The van der Waals surface area contributed by atoms with E-state index in [2.05, 4.69) is 6.07 Å². The minimum absolute atomic E-state index is 0.00314. The van der Waals surface area contributed by atoms with Crippen LogP contribution in [0.15, 0.2) is 70.4 Å². The molecule has 3 heterocycles. The molecular weight excluding hydrogens is 356 g/mol. The van der Waals surface area contributed by atoms with Crippen LogP contribution in [0.3, 0.4) is 0 Å². The van der Waals surface area contributed by atoms with Gasteiger partial charge >= 0.3 is 0 Å². The summed E-state index contributed by atoms with van der Waals surface area (Å²) in [5, 5.41) is 16.6. The lowest BCUT2D eigenvalue weighted by Gasteiger charge is -2.37. The third-order valence-electron chi connectivity index (χ3n) is 5.05. The molecule has 0 saturated carbocycles. The Morgan fingerprint density at radius 2 is 2.07 bits per heavy atom. The van der Waals surface area contributed by atoms with Crippen molar-refractivity contribution in [2.75, 3.05) is 6.61 Å². The molecule has 6 heteroatoms. The van der Waals surface area contributed by atoms with Gasteiger partial charge in [-0.05, 0) is 37.3 Å². The van der Waals surface area contributed by atoms with Crippen LogP contribution < -0.4 is 9.47 Å². The summed E-state index contributed by atoms with van der Waals surface area (Å²) in [6, 6.07) is 16.8. The fraction of sp³-hybridized carbons (Fsp3) is 0.227. The van der Waals surface area contributed by atoms with Gasteiger partial charge in [0, 0.05) is 17.5 Å². The van der Waals surface area contributed by atoms with Gasteiger partial charge in [0.25, 0.3) is 0 Å². The van der Waals surface area contributed by atoms with Crippen molar-refractivity contribution >= 4 is 5.71 Å². The summed E-state index contributed by atoms with van der Waals surface area (Å²) in [4.78, 5) is 0. The summed E-state index contributed by atoms with van der Waals surface area (Å²) in [7, 11) is 0. The summed E-state index contributed by atoms with van der Waals surface area (Å²) in [6.45, 7) is 2.52. The van der Waals surface area contributed by atoms with E-state index in [1.54, 1.807) is 18.4 Å². The molecule has 0 spiro atoms. The van der Waals surface area contributed by atoms with Crippen molar-refractivity contribution in [3.05, 3.63) is 77.7 Å². The summed E-state index contributed by atoms with van der Waals surface area (Å²) in [5.74, 6) is 2.37. The fourth-order valence-corrected chi connectivity index (χ4v) is 3.83. The van der Waals surface area contributed by atoms with Crippen molar-refractivity contribution < 1.29 is 19.0 Å². The second kappa shape index (κ2) is 6.64. The third-order valence-corrected chi connectivity index (χ3v) is 5.05. The molecule has 1 aromatic heterocycles. The van der Waals surface area contributed by atoms with Crippen molar-refractivity contribution in [2.45, 2.75) is 25.6 Å². The molecule has 0 unspecified atom stereocenters. The first-order valence-corrected chi connectivity index (χ1v) is 9.35. The number of ether oxygens (including phenoxy) is 2. The molecule has 3 aromatic rings. The molecule has 0 radical (unpaired) electrons. The molecule has 142 valence electrons. The zero-order valence-corrected chi connectivity index (χ0v) is 15.4. The van der Waals surface area contributed by atoms with E-state index in [4.69, 9.17) is 19.0 Å². The van der Waals surface area contributed by atoms with Crippen molar-refractivity contribution in [3.63, 3.8) is 0 Å². The molecule has 28 heavy (non-hydrogen) atoms. The number of phenolic OH excluding ortho intramolecular Hbond substituents is 1. The van der Waals surface area contributed by atoms with Crippen molar-refractivity contribution in [2.24, 2.45) is 5.10 Å². The molecule has 2 atom stereocenters. The van der Waals surface area contributed by atoms with Gasteiger partial charge in [-0.3, -0.25) is 0 Å². The molecule has 0 amide bonds. The van der Waals surface area contributed by atoms with E-state index in [0.717, 1.165) is 28.3 Å². The number of benzene rings is 2. The average molecular weight is 376 g/mol. The summed E-state index contributed by atoms with van der Waals surface area (Å²) in [6.07, 6.45) is 1.85. The van der Waals surface area contributed by atoms with E-state index in [1.807, 2.05) is 48.3 Å². The molecule has 0 aliphatic carbocycles. The van der Waals surface area contributed by atoms with E-state index < -0.39 is 6.23 Å². The highest BCUT2D eigenvalue weighted by Crippen LogP contribution is 2.50. The van der Waals surface area contributed by atoms with Crippen LogP contribution in [0.25, 0.3) is 0 Å². The largest absolute Gasteiger partial charge is 0.508 e. The normalized spacial score (nSPS) is 20.2. The number of furan rings is 1. The minimum Gasteiger partial charge on any atom is -0.508 e. The fourth-order valence-electron chi connectivity index (χ4n) is 3.83. The number of nitrogens with zero attached hydrogens (tertiary/aromatic N) is 2. The zero-order valence-electron chi connectivity index (χ0n) is 15.4. The number of hydrogen-bond acceptors (Lipinski definition) is 6. The molecule has 5 rings (SSSR count). The van der Waals surface area contributed by atoms with Gasteiger partial charge in [0.15, 0.2) is 17.3 Å². The molecule has 0 saturated heterocycles. The smallest absolute Gasteiger partial charge is 0.246 e. The second-order valence-corrected chi connectivity index (χ2v) is 6.79. The van der Waals surface area contributed by atoms with Crippen LogP contribution in [0.2, 0.25) is 0 Å². The van der Waals surface area contributed by atoms with Crippen LogP contribution in [0.1, 0.15) is 42.5 Å². The lowest BCUT2D eigenvalue weighted by atomic mass is 9.96. The Hall–Kier alpha value is -3.41. The maximum atomic E-state index is 9.86. The third kappa shape index (κ3) is 2.69. The highest BCUT2D eigenvalue weighted by molar-refractivity contribution is 6.02. The van der Waals surface area contributed by atoms with E-state index in [1.165, 1.54) is 0 Å². The van der Waals surface area contributed by atoms with Crippen molar-refractivity contribution in [1.82, 2.24) is 5.01 Å². The quantitative estimate of drug-likeness (QED) is 0.719. The lowest BCUT2D eigenvalue weighted by Crippen LogP contribution is -2.33. The molecule has 6 nitrogen and oxygen atoms in total. The number of rotatable bonds is 4. The van der Waals surface area contributed by atoms with Crippen LogP contribution in [-0.2, 0) is 0 Å². The SMILES string of the molecule is CCOc1cccc2c1O[C@@H](c1ccco1)N1N=C(c3cccc(O)c3)C[C@H]21. The highest BCUT2D eigenvalue weighted by atomic mass is 16.5. The Balaban J connectivity index is 1.61. The molecule has 0 fully saturated rings. The Bertz CT molecular complexity index is 1030. The first-order chi connectivity index (χ1) is 13.7. The number of hydrogen-bond donors (Lipinski definition) is 1. The molecular formula is C22H20N2O4. The Kier molecular flexibility index (Phi) is 3.97. The minimum atomic E-state index is -0.482. The average Bonchev–Trinajstić information content (AvgIpc) is 3.38. The van der Waals surface area contributed by atoms with Crippen LogP contribution >= 0.6 is 0 Å². The first kappa shape index (κ1) is 16.7. The maximum absolute atomic E-state index is 9.86. The second-order valence-electron chi connectivity index (χ2n) is 6.79. The van der Waals surface area contributed by atoms with Gasteiger partial charge < -0.3 is 19.0 Å². The molecule has 2 aliphatic rings. The van der Waals surface area contributed by atoms with Gasteiger partial charge in [0.1, 0.15) is 5.75 Å². The van der Waals surface area contributed by atoms with Crippen LogP contribution in [-0.4, -0.2) is 22.4 Å². The molecule has 1 N–H and O–H groups in total. The van der Waals surface area contributed by atoms with Crippen LogP contribution in [0.4, 0.5) is 0 Å². The van der Waals surface area contributed by atoms with Crippen molar-refractivity contribution in [3.8, 4) is 17.2 Å². The van der Waals surface area contributed by atoms with E-state index in [9.17, 15) is 5.11 Å². The van der Waals surface area contributed by atoms with Crippen LogP contribution in [0, 0.1) is 0 Å². The maximum Gasteiger partial charge on any atom is 0.246 e. The van der Waals surface area contributed by atoms with Crippen molar-refractivity contribution in [1.29, 1.82) is 0 Å². The number of fused-ring (bicyclic) bond motifs is 3. The number of para-hydroxylation sites is 1. The standard InChI is InChI=1S/C22H20N2O4/c1-2-26-19-9-4-8-16-18-13-17(14-6-3-7-15(25)12-14)23-24(18)22(28-21(16)19)20-10-5-11-27-20/h3-12,18,22,25H,2,13H2,1H3/t18-,22+/m1/s1. The lowest BCUT2D eigenvalue weighted by molar-refractivity contribution is -0.0344. The van der Waals surface area contributed by atoms with Gasteiger partial charge in [-0.1, -0.05) is 24.3 Å². The molecule has 2 aromatic carbocycles. The summed E-state index contributed by atoms with van der Waals surface area (Å²) >= 11 is 0. The van der Waals surface area contributed by atoms with Gasteiger partial charge in [-0.2, -0.15) is 5.10 Å². The van der Waals surface area contributed by atoms with E-state index in [0.29, 0.717) is 18.8 Å². The van der Waals surface area contributed by atoms with Gasteiger partial charge in [-0.15, -0.1) is 0 Å². The molecule has 2 aliphatic heterocycles. The first-order valence-electron chi connectivity index (χ1n) is 9.35. The summed E-state index contributed by atoms with van der Waals surface area (Å²) in [5.41, 5.74) is 2.83. The van der Waals surface area contributed by atoms with Gasteiger partial charge in [0.2, 0.25) is 6.23 Å². The van der Waals surface area contributed by atoms with Gasteiger partial charge in [0.05, 0.1) is 24.6 Å². The number of aromatic hydroxyl groups is 1. The Morgan fingerprint density at radius 1 is 1.18 bits per heavy atom. The Morgan fingerprint density at radius 3 is 2.86 bits per heavy atom. The highest BCUT2D eigenvalue weighted by Gasteiger charge is 2.43. The predicted molar refractivity (Wildman–Crippen MR) is 104 cm³/mol. The van der Waals surface area contributed by atoms with E-state index >= 15 is 0 Å². The molecule has 0 bridgehead atoms. The van der Waals surface area contributed by atoms with Crippen LogP contribution in [0.5, 0.6) is 17.2 Å². The van der Waals surface area contributed by atoms with Gasteiger partial charge in [-0.25, -0.2) is 5.01 Å². The van der Waals surface area contributed by atoms with E-state index in [-0.39, 0.29) is 11.8 Å². The summed E-state index contributed by atoms with van der Waals surface area (Å²) < 4.78 is 17.8. The number of phenols is 1. The monoisotopic (exact) mass is 376 g/mol.